The predicted molar refractivity (Wildman–Crippen MR) is 147 cm³/mol. The maximum atomic E-state index is 10.2. The summed E-state index contributed by atoms with van der Waals surface area (Å²) < 4.78 is 0. The average molecular weight is 498 g/mol. The lowest BCUT2D eigenvalue weighted by Crippen LogP contribution is -2.58. The number of piperazine rings is 1. The molecule has 6 nitrogen and oxygen atoms in total. The first kappa shape index (κ1) is 23.2. The van der Waals surface area contributed by atoms with Crippen LogP contribution in [0.2, 0.25) is 0 Å². The van der Waals surface area contributed by atoms with Crippen molar-refractivity contribution in [3.63, 3.8) is 0 Å². The van der Waals surface area contributed by atoms with Crippen LogP contribution in [0, 0.1) is 0 Å². The molecular weight excluding hydrogens is 466 g/mol. The van der Waals surface area contributed by atoms with Gasteiger partial charge in [-0.05, 0) is 43.0 Å². The van der Waals surface area contributed by atoms with E-state index in [2.05, 4.69) is 75.4 Å². The number of pyridine rings is 1. The summed E-state index contributed by atoms with van der Waals surface area (Å²) in [6.07, 6.45) is 4.88. The van der Waals surface area contributed by atoms with Gasteiger partial charge in [0.2, 0.25) is 0 Å². The van der Waals surface area contributed by atoms with Crippen molar-refractivity contribution >= 4 is 22.2 Å². The molecule has 0 unspecified atom stereocenters. The fourth-order valence-corrected chi connectivity index (χ4v) is 6.75. The number of benzene rings is 2. The Morgan fingerprint density at radius 2 is 1.47 bits per heavy atom. The number of aromatic nitrogens is 2. The smallest absolute Gasteiger partial charge is 0.186 e. The van der Waals surface area contributed by atoms with Crippen LogP contribution < -0.4 is 15.5 Å². The summed E-state index contributed by atoms with van der Waals surface area (Å²) in [6, 6.07) is 23.1. The zero-order valence-corrected chi connectivity index (χ0v) is 21.3. The quantitative estimate of drug-likeness (QED) is 0.408. The molecule has 1 saturated heterocycles. The second-order valence-corrected chi connectivity index (χ2v) is 11.3. The first-order chi connectivity index (χ1) is 17.4. The highest BCUT2D eigenvalue weighted by atomic mass is 32.1. The van der Waals surface area contributed by atoms with Crippen molar-refractivity contribution in [1.82, 2.24) is 9.97 Å². The molecule has 36 heavy (non-hydrogen) atoms. The molecule has 0 spiro atoms. The van der Waals surface area contributed by atoms with E-state index in [1.54, 1.807) is 11.3 Å². The van der Waals surface area contributed by atoms with Gasteiger partial charge in [0.25, 0.3) is 0 Å². The zero-order chi connectivity index (χ0) is 24.8. The summed E-state index contributed by atoms with van der Waals surface area (Å²) >= 11 is 1.76. The third kappa shape index (κ3) is 4.39. The van der Waals surface area contributed by atoms with E-state index >= 15 is 0 Å². The molecule has 1 saturated carbocycles. The van der Waals surface area contributed by atoms with E-state index < -0.39 is 11.1 Å². The molecule has 3 N–H and O–H groups in total. The molecule has 1 aliphatic heterocycles. The van der Waals surface area contributed by atoms with Gasteiger partial charge in [-0.2, -0.15) is 0 Å². The molecule has 0 radical (unpaired) electrons. The number of thiazole rings is 1. The largest absolute Gasteiger partial charge is 0.390 e. The molecule has 3 heterocycles. The van der Waals surface area contributed by atoms with E-state index in [1.807, 2.05) is 25.4 Å². The predicted octanol–water partition coefficient (Wildman–Crippen LogP) is 4.90. The number of aliphatic hydroxyl groups is 1. The van der Waals surface area contributed by atoms with Crippen LogP contribution in [-0.4, -0.2) is 46.9 Å². The van der Waals surface area contributed by atoms with Crippen molar-refractivity contribution in [2.75, 3.05) is 36.0 Å². The van der Waals surface area contributed by atoms with Crippen molar-refractivity contribution in [2.45, 2.75) is 30.9 Å². The fraction of sp³-hybridized carbons (Fsp3) is 0.310. The Morgan fingerprint density at radius 1 is 0.833 bits per heavy atom. The molecule has 4 aromatic rings. The summed E-state index contributed by atoms with van der Waals surface area (Å²) in [7, 11) is 0. The average Bonchev–Trinajstić information content (AvgIpc) is 3.34. The number of hydrogen-bond acceptors (Lipinski definition) is 7. The summed E-state index contributed by atoms with van der Waals surface area (Å²) in [5.41, 5.74) is 11.0. The highest BCUT2D eigenvalue weighted by Gasteiger charge is 2.49. The van der Waals surface area contributed by atoms with E-state index in [1.165, 1.54) is 16.1 Å². The molecule has 6 rings (SSSR count). The molecule has 0 atom stereocenters. The Balaban J connectivity index is 1.28. The summed E-state index contributed by atoms with van der Waals surface area (Å²) in [6.45, 7) is 5.62. The van der Waals surface area contributed by atoms with Gasteiger partial charge in [-0.25, -0.2) is 4.98 Å². The van der Waals surface area contributed by atoms with Crippen molar-refractivity contribution in [3.05, 3.63) is 84.7 Å². The zero-order valence-electron chi connectivity index (χ0n) is 20.5. The fourth-order valence-electron chi connectivity index (χ4n) is 5.61. The van der Waals surface area contributed by atoms with E-state index in [-0.39, 0.29) is 0 Å². The lowest BCUT2D eigenvalue weighted by molar-refractivity contribution is -0.0738. The van der Waals surface area contributed by atoms with Crippen LogP contribution in [0.1, 0.15) is 25.3 Å². The van der Waals surface area contributed by atoms with Crippen molar-refractivity contribution in [2.24, 2.45) is 5.73 Å². The van der Waals surface area contributed by atoms with Gasteiger partial charge in [0.15, 0.2) is 5.13 Å². The van der Waals surface area contributed by atoms with Crippen molar-refractivity contribution < 1.29 is 5.11 Å². The molecule has 2 aromatic carbocycles. The van der Waals surface area contributed by atoms with Gasteiger partial charge >= 0.3 is 0 Å². The Kier molecular flexibility index (Phi) is 5.79. The molecular formula is C29H31N5OS. The molecule has 0 amide bonds. The van der Waals surface area contributed by atoms with Gasteiger partial charge in [-0.15, -0.1) is 0 Å². The van der Waals surface area contributed by atoms with Gasteiger partial charge in [-0.3, -0.25) is 4.98 Å². The lowest BCUT2D eigenvalue weighted by Gasteiger charge is -2.49. The molecule has 2 fully saturated rings. The van der Waals surface area contributed by atoms with E-state index in [4.69, 9.17) is 10.7 Å². The minimum Gasteiger partial charge on any atom is -0.390 e. The number of rotatable bonds is 5. The Bertz CT molecular complexity index is 1320. The second kappa shape index (κ2) is 9.00. The standard InChI is InChI=1S/C29H31N5OS/c1-28(35)19-29(30,20-28)23-9-7-21(8-10-23)25-26(22-5-3-2-4-6-22)36-27(32-25)34-17-15-33(16-18-34)24-11-13-31-14-12-24/h2-14,35H,15-20,30H2,1H3. The first-order valence-electron chi connectivity index (χ1n) is 12.5. The molecule has 1 aliphatic carbocycles. The number of hydrogen-bond donors (Lipinski definition) is 2. The molecule has 184 valence electrons. The SMILES string of the molecule is CC1(O)CC(N)(c2ccc(-c3nc(N4CCN(c5ccncc5)CC4)sc3-c3ccccc3)cc2)C1. The minimum absolute atomic E-state index is 0.452. The maximum Gasteiger partial charge on any atom is 0.186 e. The highest BCUT2D eigenvalue weighted by Crippen LogP contribution is 2.47. The Labute approximate surface area is 216 Å². The molecule has 2 aromatic heterocycles. The van der Waals surface area contributed by atoms with E-state index in [0.717, 1.165) is 48.1 Å². The third-order valence-electron chi connectivity index (χ3n) is 7.36. The summed E-state index contributed by atoms with van der Waals surface area (Å²) in [4.78, 5) is 15.3. The van der Waals surface area contributed by atoms with Crippen LogP contribution in [0.3, 0.4) is 0 Å². The van der Waals surface area contributed by atoms with Crippen LogP contribution in [0.15, 0.2) is 79.1 Å². The van der Waals surface area contributed by atoms with Crippen LogP contribution in [0.25, 0.3) is 21.7 Å². The molecule has 2 aliphatic rings. The number of anilines is 2. The highest BCUT2D eigenvalue weighted by molar-refractivity contribution is 7.19. The van der Waals surface area contributed by atoms with Crippen LogP contribution in [-0.2, 0) is 5.54 Å². The van der Waals surface area contributed by atoms with Gasteiger partial charge < -0.3 is 20.6 Å². The van der Waals surface area contributed by atoms with Crippen LogP contribution in [0.5, 0.6) is 0 Å². The molecule has 7 heteroatoms. The Morgan fingerprint density at radius 3 is 2.11 bits per heavy atom. The minimum atomic E-state index is -0.668. The number of nitrogens with two attached hydrogens (primary N) is 1. The third-order valence-corrected chi connectivity index (χ3v) is 8.52. The van der Waals surface area contributed by atoms with Crippen LogP contribution in [0.4, 0.5) is 10.8 Å². The number of nitrogens with zero attached hydrogens (tertiary/aromatic N) is 4. The van der Waals surface area contributed by atoms with Gasteiger partial charge in [0.1, 0.15) is 0 Å². The van der Waals surface area contributed by atoms with E-state index in [9.17, 15) is 5.11 Å². The summed E-state index contributed by atoms with van der Waals surface area (Å²) in [5, 5.41) is 11.3. The summed E-state index contributed by atoms with van der Waals surface area (Å²) in [5.74, 6) is 0. The van der Waals surface area contributed by atoms with Crippen molar-refractivity contribution in [3.8, 4) is 21.7 Å². The Hall–Kier alpha value is -3.26. The van der Waals surface area contributed by atoms with Gasteiger partial charge in [0.05, 0.1) is 16.2 Å². The van der Waals surface area contributed by atoms with Gasteiger partial charge in [-0.1, -0.05) is 65.9 Å². The topological polar surface area (TPSA) is 78.5 Å². The van der Waals surface area contributed by atoms with Crippen molar-refractivity contribution in [1.29, 1.82) is 0 Å². The normalized spacial score (nSPS) is 24.0. The first-order valence-corrected chi connectivity index (χ1v) is 13.3. The maximum absolute atomic E-state index is 10.2. The monoisotopic (exact) mass is 497 g/mol. The van der Waals surface area contributed by atoms with E-state index in [0.29, 0.717) is 12.8 Å². The van der Waals surface area contributed by atoms with Crippen LogP contribution >= 0.6 is 11.3 Å². The second-order valence-electron chi connectivity index (χ2n) is 10.3. The van der Waals surface area contributed by atoms with Gasteiger partial charge in [0, 0.05) is 55.4 Å². The molecule has 0 bridgehead atoms. The lowest BCUT2D eigenvalue weighted by atomic mass is 9.63.